The Morgan fingerprint density at radius 3 is 2.50 bits per heavy atom. The summed E-state index contributed by atoms with van der Waals surface area (Å²) in [6.07, 6.45) is 0. The summed E-state index contributed by atoms with van der Waals surface area (Å²) in [6.45, 7) is 2.83. The minimum absolute atomic E-state index is 0.0523. The number of amides is 1. The van der Waals surface area contributed by atoms with Crippen LogP contribution in [0.2, 0.25) is 0 Å². The molecule has 0 heterocycles. The summed E-state index contributed by atoms with van der Waals surface area (Å²) in [6, 6.07) is 0. The van der Waals surface area contributed by atoms with Crippen LogP contribution in [0.1, 0.15) is 0 Å². The molecule has 5 heteroatoms. The van der Waals surface area contributed by atoms with Crippen LogP contribution in [0.25, 0.3) is 0 Å². The van der Waals surface area contributed by atoms with Gasteiger partial charge in [0.2, 0.25) is 5.91 Å². The van der Waals surface area contributed by atoms with E-state index in [-0.39, 0.29) is 11.7 Å². The lowest BCUT2D eigenvalue weighted by Gasteiger charge is -2.23. The van der Waals surface area contributed by atoms with Gasteiger partial charge in [-0.1, -0.05) is 0 Å². The molecule has 1 N–H and O–H groups in total. The molecule has 0 unspecified atom stereocenters. The highest BCUT2D eigenvalue weighted by Gasteiger charge is 2.05. The quantitative estimate of drug-likeness (QED) is 0.354. The highest BCUT2D eigenvalue weighted by atomic mass is 32.1. The summed E-state index contributed by atoms with van der Waals surface area (Å²) in [5.41, 5.74) is 0. The summed E-state index contributed by atoms with van der Waals surface area (Å²) in [4.78, 5) is 10.8. The van der Waals surface area contributed by atoms with Crippen LogP contribution in [0.15, 0.2) is 0 Å². The Kier molecular flexibility index (Phi) is 6.96. The average molecular weight is 221 g/mol. The van der Waals surface area contributed by atoms with Crippen LogP contribution in [-0.4, -0.2) is 63.6 Å². The van der Waals surface area contributed by atoms with E-state index in [1.165, 1.54) is 0 Å². The van der Waals surface area contributed by atoms with Crippen molar-refractivity contribution in [2.24, 2.45) is 0 Å². The number of carbonyl (C=O) groups is 1. The Bertz CT molecular complexity index is 169. The molecule has 84 valence electrons. The minimum Gasteiger partial charge on any atom is -0.374 e. The number of quaternary nitrogens is 1. The molecule has 0 aliphatic carbocycles. The molecule has 0 spiro atoms. The third kappa shape index (κ3) is 9.83. The van der Waals surface area contributed by atoms with E-state index in [0.717, 1.165) is 17.6 Å². The van der Waals surface area contributed by atoms with Crippen LogP contribution in [0, 0.1) is 0 Å². The number of nitrogens with zero attached hydrogens (tertiary/aromatic N) is 1. The van der Waals surface area contributed by atoms with Gasteiger partial charge < -0.3 is 14.5 Å². The molecule has 14 heavy (non-hydrogen) atoms. The number of ether oxygens (including phenoxy) is 1. The first-order valence-corrected chi connectivity index (χ1v) is 5.35. The number of nitrogens with one attached hydrogen (secondary N) is 1. The molecule has 0 bridgehead atoms. The lowest BCUT2D eigenvalue weighted by molar-refractivity contribution is -0.870. The van der Waals surface area contributed by atoms with Crippen molar-refractivity contribution in [2.45, 2.75) is 0 Å². The van der Waals surface area contributed by atoms with Gasteiger partial charge in [-0.05, 0) is 0 Å². The molecular weight excluding hydrogens is 200 g/mol. The Morgan fingerprint density at radius 2 is 2.00 bits per heavy atom. The van der Waals surface area contributed by atoms with E-state index in [9.17, 15) is 4.79 Å². The normalized spacial score (nSPS) is 11.4. The van der Waals surface area contributed by atoms with Crippen molar-refractivity contribution in [3.63, 3.8) is 0 Å². The summed E-state index contributed by atoms with van der Waals surface area (Å²) >= 11 is 3.84. The highest BCUT2D eigenvalue weighted by molar-refractivity contribution is 7.81. The van der Waals surface area contributed by atoms with Crippen LogP contribution in [-0.2, 0) is 9.53 Å². The first-order valence-electron chi connectivity index (χ1n) is 4.71. The summed E-state index contributed by atoms with van der Waals surface area (Å²) in [5.74, 6) is 0.183. The Hall–Kier alpha value is -0.260. The number of hydrogen-bond acceptors (Lipinski definition) is 3. The molecule has 0 rings (SSSR count). The highest BCUT2D eigenvalue weighted by Crippen LogP contribution is 1.88. The maximum atomic E-state index is 10.8. The van der Waals surface area contributed by atoms with Gasteiger partial charge in [0.1, 0.15) is 6.54 Å². The van der Waals surface area contributed by atoms with Gasteiger partial charge in [-0.15, -0.1) is 0 Å². The number of thiol groups is 1. The van der Waals surface area contributed by atoms with Gasteiger partial charge >= 0.3 is 0 Å². The molecule has 1 amide bonds. The van der Waals surface area contributed by atoms with Gasteiger partial charge in [-0.2, -0.15) is 12.6 Å². The molecule has 0 aromatic carbocycles. The Labute approximate surface area is 91.6 Å². The van der Waals surface area contributed by atoms with Gasteiger partial charge in [0.05, 0.1) is 40.1 Å². The van der Waals surface area contributed by atoms with Crippen molar-refractivity contribution in [2.75, 3.05) is 53.2 Å². The van der Waals surface area contributed by atoms with E-state index in [0.29, 0.717) is 13.2 Å². The molecule has 0 saturated carbocycles. The second kappa shape index (κ2) is 7.09. The van der Waals surface area contributed by atoms with E-state index in [2.05, 4.69) is 39.1 Å². The molecule has 0 fully saturated rings. The predicted molar refractivity (Wildman–Crippen MR) is 60.6 cm³/mol. The van der Waals surface area contributed by atoms with Crippen molar-refractivity contribution in [3.8, 4) is 0 Å². The Morgan fingerprint density at radius 1 is 1.36 bits per heavy atom. The lowest BCUT2D eigenvalue weighted by atomic mass is 10.5. The third-order valence-corrected chi connectivity index (χ3v) is 1.91. The van der Waals surface area contributed by atoms with Crippen LogP contribution < -0.4 is 5.32 Å². The van der Waals surface area contributed by atoms with Crippen molar-refractivity contribution in [1.82, 2.24) is 5.32 Å². The summed E-state index contributed by atoms with van der Waals surface area (Å²) in [7, 11) is 6.35. The zero-order valence-corrected chi connectivity index (χ0v) is 10.1. The van der Waals surface area contributed by atoms with Crippen molar-refractivity contribution in [1.29, 1.82) is 0 Å². The fraction of sp³-hybridized carbons (Fsp3) is 0.889. The molecule has 0 radical (unpaired) electrons. The number of carbonyl (C=O) groups excluding carboxylic acids is 1. The first kappa shape index (κ1) is 13.7. The van der Waals surface area contributed by atoms with Gasteiger partial charge in [0, 0.05) is 6.54 Å². The molecule has 0 aliphatic heterocycles. The maximum Gasteiger partial charge on any atom is 0.229 e. The second-order valence-electron chi connectivity index (χ2n) is 4.13. The standard InChI is InChI=1S/C9H20N2O2S/c1-11(2,3)5-7-13-6-4-10-9(12)8-14/h4-8H2,1-3H3,(H-,10,12,14)/p+1. The van der Waals surface area contributed by atoms with Gasteiger partial charge in [-0.3, -0.25) is 4.79 Å². The SMILES string of the molecule is C[N+](C)(C)CCOCCNC(=O)CS. The van der Waals surface area contributed by atoms with Crippen LogP contribution in [0.4, 0.5) is 0 Å². The van der Waals surface area contributed by atoms with E-state index in [1.807, 2.05) is 0 Å². The fourth-order valence-corrected chi connectivity index (χ4v) is 0.871. The molecule has 0 atom stereocenters. The van der Waals surface area contributed by atoms with Crippen molar-refractivity contribution >= 4 is 18.5 Å². The predicted octanol–water partition coefficient (Wildman–Crippen LogP) is -0.245. The smallest absolute Gasteiger partial charge is 0.229 e. The van der Waals surface area contributed by atoms with Gasteiger partial charge in [0.25, 0.3) is 0 Å². The first-order chi connectivity index (χ1) is 6.45. The van der Waals surface area contributed by atoms with E-state index in [1.54, 1.807) is 0 Å². The van der Waals surface area contributed by atoms with Crippen LogP contribution in [0.5, 0.6) is 0 Å². The maximum absolute atomic E-state index is 10.8. The van der Waals surface area contributed by atoms with Crippen LogP contribution >= 0.6 is 12.6 Å². The van der Waals surface area contributed by atoms with E-state index in [4.69, 9.17) is 4.74 Å². The topological polar surface area (TPSA) is 38.3 Å². The second-order valence-corrected chi connectivity index (χ2v) is 4.45. The Balaban J connectivity index is 3.18. The van der Waals surface area contributed by atoms with Gasteiger partial charge in [-0.25, -0.2) is 0 Å². The molecular formula is C9H21N2O2S+. The summed E-state index contributed by atoms with van der Waals surface area (Å²) < 4.78 is 6.24. The van der Waals surface area contributed by atoms with Gasteiger partial charge in [0.15, 0.2) is 0 Å². The van der Waals surface area contributed by atoms with Crippen molar-refractivity contribution < 1.29 is 14.0 Å². The van der Waals surface area contributed by atoms with Crippen molar-refractivity contribution in [3.05, 3.63) is 0 Å². The average Bonchev–Trinajstić information content (AvgIpc) is 2.08. The molecule has 0 aromatic rings. The van der Waals surface area contributed by atoms with E-state index < -0.39 is 0 Å². The van der Waals surface area contributed by atoms with E-state index >= 15 is 0 Å². The third-order valence-electron chi connectivity index (χ3n) is 1.62. The van der Waals surface area contributed by atoms with Crippen LogP contribution in [0.3, 0.4) is 0 Å². The number of likely N-dealkylation sites (N-methyl/N-ethyl adjacent to an activating group) is 1. The molecule has 0 aromatic heterocycles. The largest absolute Gasteiger partial charge is 0.374 e. The zero-order valence-electron chi connectivity index (χ0n) is 9.25. The minimum atomic E-state index is -0.0523. The zero-order chi connectivity index (χ0) is 11.0. The fourth-order valence-electron chi connectivity index (χ4n) is 0.759. The molecule has 0 saturated heterocycles. The number of hydrogen-bond donors (Lipinski definition) is 2. The molecule has 0 aliphatic rings. The molecule has 4 nitrogen and oxygen atoms in total. The lowest BCUT2D eigenvalue weighted by Crippen LogP contribution is -2.38. The number of rotatable bonds is 7. The summed E-state index contributed by atoms with van der Waals surface area (Å²) in [5, 5.41) is 2.68. The monoisotopic (exact) mass is 221 g/mol.